The van der Waals surface area contributed by atoms with Gasteiger partial charge in [0.2, 0.25) is 0 Å². The molecule has 7 nitrogen and oxygen atoms in total. The lowest BCUT2D eigenvalue weighted by Gasteiger charge is -2.59. The highest BCUT2D eigenvalue weighted by molar-refractivity contribution is 5.96. The van der Waals surface area contributed by atoms with Crippen LogP contribution in [0.3, 0.4) is 0 Å². The fourth-order valence-electron chi connectivity index (χ4n) is 8.15. The van der Waals surface area contributed by atoms with Crippen molar-refractivity contribution >= 4 is 17.4 Å². The van der Waals surface area contributed by atoms with E-state index < -0.39 is 5.60 Å². The molecule has 0 saturated heterocycles. The standard InChI is InChI=1S/C29H39N3O4/c1-19(33)29(35)14-11-25-23-8-7-20-16-21(9-12-27(20,2)24(23)10-13-28(25,29)3)32-36-18-26(34)31-17-22-6-4-5-15-30-22/h4-6,15-16,23-25,35H,7-14,17-18H2,1-3H3,(H,31,34)/b32-21-/t23?,24?,25?,27-,28-,29-/m0/s1. The van der Waals surface area contributed by atoms with E-state index in [2.05, 4.69) is 35.4 Å². The zero-order valence-corrected chi connectivity index (χ0v) is 21.8. The molecule has 7 heteroatoms. The topological polar surface area (TPSA) is 101 Å². The van der Waals surface area contributed by atoms with Crippen LogP contribution < -0.4 is 5.32 Å². The van der Waals surface area contributed by atoms with E-state index in [4.69, 9.17) is 4.84 Å². The van der Waals surface area contributed by atoms with E-state index in [0.29, 0.717) is 30.7 Å². The maximum Gasteiger partial charge on any atom is 0.261 e. The molecule has 4 aliphatic carbocycles. The minimum atomic E-state index is -1.16. The molecule has 4 aliphatic rings. The van der Waals surface area contributed by atoms with E-state index in [1.165, 1.54) is 5.57 Å². The van der Waals surface area contributed by atoms with Gasteiger partial charge in [0.25, 0.3) is 5.91 Å². The van der Waals surface area contributed by atoms with Crippen molar-refractivity contribution < 1.29 is 19.5 Å². The summed E-state index contributed by atoms with van der Waals surface area (Å²) in [5.41, 5.74) is 1.82. The molecule has 2 N–H and O–H groups in total. The number of allylic oxidation sites excluding steroid dienone is 2. The Bertz CT molecular complexity index is 1090. The van der Waals surface area contributed by atoms with E-state index in [9.17, 15) is 14.7 Å². The predicted octanol–water partition coefficient (Wildman–Crippen LogP) is 4.35. The third-order valence-electron chi connectivity index (χ3n) is 10.3. The molecule has 0 radical (unpaired) electrons. The van der Waals surface area contributed by atoms with Crippen LogP contribution in [0.4, 0.5) is 0 Å². The average Bonchev–Trinajstić information content (AvgIpc) is 3.15. The summed E-state index contributed by atoms with van der Waals surface area (Å²) in [6.07, 6.45) is 11.4. The average molecular weight is 494 g/mol. The Kier molecular flexibility index (Phi) is 6.56. The number of hydrogen-bond donors (Lipinski definition) is 2. The predicted molar refractivity (Wildman–Crippen MR) is 137 cm³/mol. The van der Waals surface area contributed by atoms with Crippen LogP contribution >= 0.6 is 0 Å². The van der Waals surface area contributed by atoms with Crippen LogP contribution in [0.2, 0.25) is 0 Å². The molecule has 1 heterocycles. The fraction of sp³-hybridized carbons (Fsp3) is 0.655. The highest BCUT2D eigenvalue weighted by Crippen LogP contribution is 2.67. The second kappa shape index (κ2) is 9.40. The zero-order valence-electron chi connectivity index (χ0n) is 21.8. The molecule has 3 saturated carbocycles. The number of aliphatic hydroxyl groups is 1. The third kappa shape index (κ3) is 4.09. The van der Waals surface area contributed by atoms with Crippen molar-refractivity contribution in [3.8, 4) is 0 Å². The number of nitrogens with zero attached hydrogens (tertiary/aromatic N) is 2. The summed E-state index contributed by atoms with van der Waals surface area (Å²) in [6, 6.07) is 5.60. The molecule has 0 aliphatic heterocycles. The quantitative estimate of drug-likeness (QED) is 0.574. The molecule has 5 rings (SSSR count). The monoisotopic (exact) mass is 493 g/mol. The lowest BCUT2D eigenvalue weighted by atomic mass is 9.46. The van der Waals surface area contributed by atoms with Crippen molar-refractivity contribution in [1.29, 1.82) is 0 Å². The summed E-state index contributed by atoms with van der Waals surface area (Å²) in [7, 11) is 0. The van der Waals surface area contributed by atoms with Gasteiger partial charge in [0, 0.05) is 11.6 Å². The Hall–Kier alpha value is -2.54. The number of oxime groups is 1. The van der Waals surface area contributed by atoms with Crippen LogP contribution in [0.5, 0.6) is 0 Å². The molecule has 0 aromatic carbocycles. The Labute approximate surface area is 213 Å². The number of fused-ring (bicyclic) bond motifs is 5. The summed E-state index contributed by atoms with van der Waals surface area (Å²) >= 11 is 0. The number of carbonyl (C=O) groups excluding carboxylic acids is 2. The highest BCUT2D eigenvalue weighted by atomic mass is 16.6. The van der Waals surface area contributed by atoms with Gasteiger partial charge in [-0.25, -0.2) is 0 Å². The fourth-order valence-corrected chi connectivity index (χ4v) is 8.15. The van der Waals surface area contributed by atoms with E-state index >= 15 is 0 Å². The van der Waals surface area contributed by atoms with Gasteiger partial charge < -0.3 is 15.3 Å². The molecule has 0 bridgehead atoms. The summed E-state index contributed by atoms with van der Waals surface area (Å²) in [5.74, 6) is 1.26. The number of ketones is 1. The molecule has 3 unspecified atom stereocenters. The Balaban J connectivity index is 1.22. The van der Waals surface area contributed by atoms with Crippen molar-refractivity contribution in [1.82, 2.24) is 10.3 Å². The Morgan fingerprint density at radius 1 is 1.14 bits per heavy atom. The molecule has 1 amide bonds. The SMILES string of the molecule is CC(=O)[C@@]1(O)CCC2C3CCC4=C/C(=N\OCC(=O)NCc5ccccn5)CC[C@]4(C)C3CC[C@@]21C. The maximum atomic E-state index is 12.4. The summed E-state index contributed by atoms with van der Waals surface area (Å²) < 4.78 is 0. The first-order valence-electron chi connectivity index (χ1n) is 13.5. The molecular formula is C29H39N3O4. The van der Waals surface area contributed by atoms with E-state index in [1.807, 2.05) is 18.2 Å². The van der Waals surface area contributed by atoms with Crippen LogP contribution in [0.15, 0.2) is 41.2 Å². The third-order valence-corrected chi connectivity index (χ3v) is 10.3. The number of nitrogens with one attached hydrogen (secondary N) is 1. The molecule has 0 spiro atoms. The van der Waals surface area contributed by atoms with Gasteiger partial charge in [0.05, 0.1) is 18.0 Å². The largest absolute Gasteiger partial charge is 0.385 e. The summed E-state index contributed by atoms with van der Waals surface area (Å²) in [6.45, 7) is 6.41. The lowest BCUT2D eigenvalue weighted by molar-refractivity contribution is -0.159. The first-order valence-corrected chi connectivity index (χ1v) is 13.5. The van der Waals surface area contributed by atoms with Crippen molar-refractivity contribution in [3.63, 3.8) is 0 Å². The molecule has 1 aromatic rings. The van der Waals surface area contributed by atoms with Crippen LogP contribution in [0.1, 0.15) is 77.8 Å². The molecule has 36 heavy (non-hydrogen) atoms. The van der Waals surface area contributed by atoms with E-state index in [0.717, 1.165) is 56.4 Å². The first-order chi connectivity index (χ1) is 17.2. The summed E-state index contributed by atoms with van der Waals surface area (Å²) in [5, 5.41) is 18.4. The van der Waals surface area contributed by atoms with Crippen LogP contribution in [-0.4, -0.2) is 39.7 Å². The van der Waals surface area contributed by atoms with Crippen LogP contribution in [-0.2, 0) is 21.0 Å². The van der Waals surface area contributed by atoms with Gasteiger partial charge in [-0.2, -0.15) is 0 Å². The van der Waals surface area contributed by atoms with Gasteiger partial charge in [0.1, 0.15) is 5.60 Å². The second-order valence-electron chi connectivity index (χ2n) is 11.9. The number of pyridine rings is 1. The van der Waals surface area contributed by atoms with Gasteiger partial charge >= 0.3 is 0 Å². The minimum Gasteiger partial charge on any atom is -0.385 e. The molecular weight excluding hydrogens is 454 g/mol. The number of amides is 1. The second-order valence-corrected chi connectivity index (χ2v) is 11.9. The van der Waals surface area contributed by atoms with Crippen LogP contribution in [0, 0.1) is 28.6 Å². The number of hydrogen-bond acceptors (Lipinski definition) is 6. The Morgan fingerprint density at radius 2 is 1.94 bits per heavy atom. The molecule has 194 valence electrons. The number of Topliss-reactive ketones (excluding diaryl/α,β-unsaturated/α-hetero) is 1. The number of carbonyl (C=O) groups is 2. The van der Waals surface area contributed by atoms with E-state index in [-0.39, 0.29) is 29.1 Å². The normalized spacial score (nSPS) is 38.4. The van der Waals surface area contributed by atoms with E-state index in [1.54, 1.807) is 13.1 Å². The van der Waals surface area contributed by atoms with Gasteiger partial charge in [-0.1, -0.05) is 30.6 Å². The molecule has 3 fully saturated rings. The molecule has 1 aromatic heterocycles. The van der Waals surface area contributed by atoms with Crippen molar-refractivity contribution in [2.45, 2.75) is 84.3 Å². The first kappa shape index (κ1) is 25.1. The van der Waals surface area contributed by atoms with Gasteiger partial charge in [-0.3, -0.25) is 14.6 Å². The Morgan fingerprint density at radius 3 is 2.69 bits per heavy atom. The van der Waals surface area contributed by atoms with Gasteiger partial charge in [0.15, 0.2) is 12.4 Å². The van der Waals surface area contributed by atoms with Gasteiger partial charge in [-0.05, 0) is 99.7 Å². The lowest BCUT2D eigenvalue weighted by Crippen LogP contribution is -2.57. The van der Waals surface area contributed by atoms with Crippen molar-refractivity contribution in [2.75, 3.05) is 6.61 Å². The van der Waals surface area contributed by atoms with Crippen LogP contribution in [0.25, 0.3) is 0 Å². The number of rotatable bonds is 6. The highest BCUT2D eigenvalue weighted by Gasteiger charge is 2.65. The summed E-state index contributed by atoms with van der Waals surface area (Å²) in [4.78, 5) is 34.1. The van der Waals surface area contributed by atoms with Crippen molar-refractivity contribution in [3.05, 3.63) is 41.7 Å². The van der Waals surface area contributed by atoms with Crippen molar-refractivity contribution in [2.24, 2.45) is 33.7 Å². The maximum absolute atomic E-state index is 12.4. The minimum absolute atomic E-state index is 0.0579. The molecule has 6 atom stereocenters. The number of aromatic nitrogens is 1. The smallest absolute Gasteiger partial charge is 0.261 e. The zero-order chi connectivity index (χ0) is 25.6. The van der Waals surface area contributed by atoms with Gasteiger partial charge in [-0.15, -0.1) is 0 Å².